The molecule has 0 atom stereocenters. The summed E-state index contributed by atoms with van der Waals surface area (Å²) in [4.78, 5) is 10.6. The summed E-state index contributed by atoms with van der Waals surface area (Å²) in [6, 6.07) is 9.77. The number of carboxylic acids is 1. The molecule has 0 saturated heterocycles. The molecule has 0 aliphatic rings. The standard InChI is InChI=1S/C14H11Cl2NO3.Na/c15-9-4-2-5-10(16)14(9)20-11-6-1-3-8(13(11)17)7-12(18)19;/h1-6H,7,17H2,(H,18,19);/q;+1/p-1. The second kappa shape index (κ2) is 7.92. The molecule has 2 aromatic carbocycles. The maximum atomic E-state index is 10.6. The van der Waals surface area contributed by atoms with Gasteiger partial charge in [-0.2, -0.15) is 0 Å². The Bertz CT molecular complexity index is 644. The van der Waals surface area contributed by atoms with Crippen LogP contribution in [0, 0.1) is 0 Å². The first kappa shape index (κ1) is 18.1. The van der Waals surface area contributed by atoms with Gasteiger partial charge in [0.1, 0.15) is 0 Å². The van der Waals surface area contributed by atoms with Crippen LogP contribution in [0.2, 0.25) is 10.0 Å². The van der Waals surface area contributed by atoms with Crippen molar-refractivity contribution in [2.75, 3.05) is 5.73 Å². The molecule has 0 amide bonds. The Labute approximate surface area is 154 Å². The molecule has 0 aromatic heterocycles. The van der Waals surface area contributed by atoms with E-state index in [2.05, 4.69) is 0 Å². The first-order valence-corrected chi connectivity index (χ1v) is 6.43. The van der Waals surface area contributed by atoms with E-state index in [9.17, 15) is 9.90 Å². The van der Waals surface area contributed by atoms with Crippen molar-refractivity contribution in [3.05, 3.63) is 52.0 Å². The molecule has 7 heteroatoms. The molecular formula is C14H10Cl2NNaO3. The van der Waals surface area contributed by atoms with E-state index in [1.807, 2.05) is 0 Å². The Balaban J connectivity index is 0.00000220. The van der Waals surface area contributed by atoms with E-state index < -0.39 is 5.97 Å². The molecular weight excluding hydrogens is 324 g/mol. The Morgan fingerprint density at radius 2 is 1.71 bits per heavy atom. The predicted octanol–water partition coefficient (Wildman–Crippen LogP) is -0.336. The van der Waals surface area contributed by atoms with Gasteiger partial charge < -0.3 is 20.4 Å². The van der Waals surface area contributed by atoms with Gasteiger partial charge in [0, 0.05) is 12.4 Å². The maximum Gasteiger partial charge on any atom is 1.00 e. The molecule has 4 nitrogen and oxygen atoms in total. The molecule has 0 bridgehead atoms. The summed E-state index contributed by atoms with van der Waals surface area (Å²) in [5, 5.41) is 11.3. The van der Waals surface area contributed by atoms with Crippen LogP contribution in [0.15, 0.2) is 36.4 Å². The van der Waals surface area contributed by atoms with Gasteiger partial charge in [0.25, 0.3) is 0 Å². The maximum absolute atomic E-state index is 10.6. The summed E-state index contributed by atoms with van der Waals surface area (Å²) in [5.41, 5.74) is 6.50. The number of halogens is 2. The van der Waals surface area contributed by atoms with E-state index in [0.717, 1.165) is 0 Å². The van der Waals surface area contributed by atoms with Crippen LogP contribution < -0.4 is 45.1 Å². The van der Waals surface area contributed by atoms with Gasteiger partial charge >= 0.3 is 29.6 Å². The number of nitrogens with two attached hydrogens (primary N) is 1. The van der Waals surface area contributed by atoms with Crippen molar-refractivity contribution < 1.29 is 44.2 Å². The first-order chi connectivity index (χ1) is 9.49. The van der Waals surface area contributed by atoms with Gasteiger partial charge in [0.15, 0.2) is 11.5 Å². The fourth-order valence-corrected chi connectivity index (χ4v) is 2.15. The summed E-state index contributed by atoms with van der Waals surface area (Å²) >= 11 is 12.0. The second-order valence-corrected chi connectivity index (χ2v) is 4.84. The number of benzene rings is 2. The van der Waals surface area contributed by atoms with E-state index in [1.54, 1.807) is 36.4 Å². The van der Waals surface area contributed by atoms with Crippen molar-refractivity contribution in [2.45, 2.75) is 6.42 Å². The quantitative estimate of drug-likeness (QED) is 0.613. The largest absolute Gasteiger partial charge is 1.00 e. The number of carbonyl (C=O) groups is 1. The van der Waals surface area contributed by atoms with E-state index in [4.69, 9.17) is 33.7 Å². The number of nitrogen functional groups attached to an aromatic ring is 1. The Kier molecular flexibility index (Phi) is 6.84. The number of anilines is 1. The normalized spacial score (nSPS) is 9.81. The smallest absolute Gasteiger partial charge is 0.550 e. The molecule has 0 aliphatic heterocycles. The molecule has 0 aliphatic carbocycles. The van der Waals surface area contributed by atoms with Gasteiger partial charge in [-0.1, -0.05) is 41.4 Å². The number of para-hydroxylation sites is 2. The van der Waals surface area contributed by atoms with Crippen LogP contribution in [0.5, 0.6) is 11.5 Å². The van der Waals surface area contributed by atoms with Crippen LogP contribution in [-0.2, 0) is 11.2 Å². The zero-order valence-corrected chi connectivity index (χ0v) is 14.7. The monoisotopic (exact) mass is 333 g/mol. The average Bonchev–Trinajstić information content (AvgIpc) is 2.37. The number of aliphatic carboxylic acids is 1. The number of rotatable bonds is 4. The van der Waals surface area contributed by atoms with Gasteiger partial charge in [-0.25, -0.2) is 0 Å². The average molecular weight is 334 g/mol. The molecule has 104 valence electrons. The minimum absolute atomic E-state index is 0. The van der Waals surface area contributed by atoms with Crippen LogP contribution in [0.3, 0.4) is 0 Å². The summed E-state index contributed by atoms with van der Waals surface area (Å²) in [6.45, 7) is 0. The molecule has 0 unspecified atom stereocenters. The van der Waals surface area contributed by atoms with Crippen LogP contribution in [0.1, 0.15) is 5.56 Å². The van der Waals surface area contributed by atoms with Gasteiger partial charge in [-0.3, -0.25) is 0 Å². The van der Waals surface area contributed by atoms with Crippen LogP contribution in [-0.4, -0.2) is 5.97 Å². The SMILES string of the molecule is Nc1c(CC(=O)[O-])cccc1Oc1c(Cl)cccc1Cl.[Na+]. The van der Waals surface area contributed by atoms with Gasteiger partial charge in [0.05, 0.1) is 15.7 Å². The van der Waals surface area contributed by atoms with Crippen LogP contribution >= 0.6 is 23.2 Å². The number of hydrogen-bond donors (Lipinski definition) is 1. The van der Waals surface area contributed by atoms with E-state index >= 15 is 0 Å². The molecule has 2 N–H and O–H groups in total. The third kappa shape index (κ3) is 4.53. The Hall–Kier alpha value is -0.910. The Morgan fingerprint density at radius 1 is 1.14 bits per heavy atom. The number of carbonyl (C=O) groups excluding carboxylic acids is 1. The minimum Gasteiger partial charge on any atom is -0.550 e. The summed E-state index contributed by atoms with van der Waals surface area (Å²) < 4.78 is 5.59. The van der Waals surface area contributed by atoms with Crippen molar-refractivity contribution >= 4 is 34.9 Å². The van der Waals surface area contributed by atoms with Crippen molar-refractivity contribution in [1.82, 2.24) is 0 Å². The van der Waals surface area contributed by atoms with Crippen molar-refractivity contribution in [1.29, 1.82) is 0 Å². The van der Waals surface area contributed by atoms with Crippen molar-refractivity contribution in [2.24, 2.45) is 0 Å². The predicted molar refractivity (Wildman–Crippen MR) is 76.1 cm³/mol. The third-order valence-electron chi connectivity index (χ3n) is 2.62. The minimum atomic E-state index is -1.22. The third-order valence-corrected chi connectivity index (χ3v) is 3.22. The first-order valence-electron chi connectivity index (χ1n) is 5.68. The molecule has 2 rings (SSSR count). The van der Waals surface area contributed by atoms with Gasteiger partial charge in [0.2, 0.25) is 0 Å². The van der Waals surface area contributed by atoms with Crippen molar-refractivity contribution in [3.8, 4) is 11.5 Å². The summed E-state index contributed by atoms with van der Waals surface area (Å²) in [6.07, 6.45) is -0.292. The summed E-state index contributed by atoms with van der Waals surface area (Å²) in [7, 11) is 0. The zero-order valence-electron chi connectivity index (χ0n) is 11.2. The Morgan fingerprint density at radius 3 is 2.29 bits per heavy atom. The molecule has 21 heavy (non-hydrogen) atoms. The fraction of sp³-hybridized carbons (Fsp3) is 0.0714. The van der Waals surface area contributed by atoms with Gasteiger partial charge in [-0.05, 0) is 23.8 Å². The van der Waals surface area contributed by atoms with E-state index in [1.165, 1.54) is 0 Å². The molecule has 0 radical (unpaired) electrons. The number of carboxylic acid groups (broad SMARTS) is 1. The topological polar surface area (TPSA) is 75.4 Å². The number of hydrogen-bond acceptors (Lipinski definition) is 4. The number of ether oxygens (including phenoxy) is 1. The van der Waals surface area contributed by atoms with Crippen LogP contribution in [0.4, 0.5) is 5.69 Å². The molecule has 0 saturated carbocycles. The van der Waals surface area contributed by atoms with E-state index in [-0.39, 0.29) is 47.4 Å². The van der Waals surface area contributed by atoms with E-state index in [0.29, 0.717) is 21.4 Å². The molecule has 2 aromatic rings. The zero-order chi connectivity index (χ0) is 14.7. The molecule has 0 spiro atoms. The van der Waals surface area contributed by atoms with Crippen molar-refractivity contribution in [3.63, 3.8) is 0 Å². The second-order valence-electron chi connectivity index (χ2n) is 4.03. The molecule has 0 heterocycles. The fourth-order valence-electron chi connectivity index (χ4n) is 1.68. The molecule has 0 fully saturated rings. The van der Waals surface area contributed by atoms with Crippen LogP contribution in [0.25, 0.3) is 0 Å². The summed E-state index contributed by atoms with van der Waals surface area (Å²) in [5.74, 6) is -0.656. The van der Waals surface area contributed by atoms with Gasteiger partial charge in [-0.15, -0.1) is 0 Å².